The van der Waals surface area contributed by atoms with Crippen molar-refractivity contribution in [1.29, 1.82) is 0 Å². The maximum atomic E-state index is 5.31. The Balaban J connectivity index is 3.17. The molecule has 46 valence electrons. The van der Waals surface area contributed by atoms with Crippen LogP contribution < -0.4 is 11.2 Å². The van der Waals surface area contributed by atoms with Gasteiger partial charge >= 0.3 is 0 Å². The van der Waals surface area contributed by atoms with Crippen molar-refractivity contribution in [2.45, 2.75) is 6.92 Å². The maximum absolute atomic E-state index is 5.31. The predicted molar refractivity (Wildman–Crippen MR) is 39.4 cm³/mol. The van der Waals surface area contributed by atoms with Gasteiger partial charge in [0.1, 0.15) is 7.85 Å². The standard InChI is InChI=1S/C5H8BN3/c1-3-4(6)2-8-5(7)9-3/h2H,6H2,1H3,(H2,7,8,9). The van der Waals surface area contributed by atoms with Crippen LogP contribution in [0.2, 0.25) is 0 Å². The summed E-state index contributed by atoms with van der Waals surface area (Å²) in [6.45, 7) is 1.91. The number of hydrogen-bond acceptors (Lipinski definition) is 3. The minimum Gasteiger partial charge on any atom is -0.368 e. The molecule has 0 saturated heterocycles. The first-order valence-electron chi connectivity index (χ1n) is 2.76. The van der Waals surface area contributed by atoms with Crippen LogP contribution in [0.15, 0.2) is 6.20 Å². The summed E-state index contributed by atoms with van der Waals surface area (Å²) in [5.74, 6) is 0.345. The summed E-state index contributed by atoms with van der Waals surface area (Å²) in [5.41, 5.74) is 7.33. The normalized spacial score (nSPS) is 9.44. The van der Waals surface area contributed by atoms with E-state index in [1.165, 1.54) is 0 Å². The molecule has 0 atom stereocenters. The highest BCUT2D eigenvalue weighted by Gasteiger charge is 1.92. The average Bonchev–Trinajstić information content (AvgIpc) is 1.80. The summed E-state index contributed by atoms with van der Waals surface area (Å²) in [4.78, 5) is 7.75. The summed E-state index contributed by atoms with van der Waals surface area (Å²) in [7, 11) is 1.95. The quantitative estimate of drug-likeness (QED) is 0.430. The summed E-state index contributed by atoms with van der Waals surface area (Å²) >= 11 is 0. The van der Waals surface area contributed by atoms with E-state index in [0.29, 0.717) is 5.95 Å². The highest BCUT2D eigenvalue weighted by Crippen LogP contribution is 1.88. The molecule has 4 heteroatoms. The van der Waals surface area contributed by atoms with Crippen molar-refractivity contribution in [2.75, 3.05) is 5.73 Å². The Kier molecular flexibility index (Phi) is 1.38. The van der Waals surface area contributed by atoms with Gasteiger partial charge in [-0.3, -0.25) is 0 Å². The molecule has 0 aliphatic carbocycles. The number of nitrogens with zero attached hydrogens (tertiary/aromatic N) is 2. The highest BCUT2D eigenvalue weighted by atomic mass is 15.0. The van der Waals surface area contributed by atoms with E-state index in [2.05, 4.69) is 9.97 Å². The van der Waals surface area contributed by atoms with E-state index < -0.39 is 0 Å². The number of nitrogens with two attached hydrogens (primary N) is 1. The van der Waals surface area contributed by atoms with E-state index in [4.69, 9.17) is 5.73 Å². The molecule has 0 amide bonds. The molecule has 0 spiro atoms. The fraction of sp³-hybridized carbons (Fsp3) is 0.200. The van der Waals surface area contributed by atoms with Gasteiger partial charge in [0.05, 0.1) is 0 Å². The molecule has 0 saturated carbocycles. The summed E-state index contributed by atoms with van der Waals surface area (Å²) in [5, 5.41) is 0. The molecule has 3 nitrogen and oxygen atoms in total. The number of aromatic nitrogens is 2. The lowest BCUT2D eigenvalue weighted by Crippen LogP contribution is -2.12. The van der Waals surface area contributed by atoms with E-state index in [0.717, 1.165) is 11.2 Å². The second kappa shape index (κ2) is 2.05. The van der Waals surface area contributed by atoms with Crippen LogP contribution in [0.4, 0.5) is 5.95 Å². The Morgan fingerprint density at radius 1 is 1.67 bits per heavy atom. The molecule has 1 rings (SSSR count). The molecule has 1 aromatic rings. The van der Waals surface area contributed by atoms with Gasteiger partial charge in [-0.25, -0.2) is 9.97 Å². The topological polar surface area (TPSA) is 51.8 Å². The summed E-state index contributed by atoms with van der Waals surface area (Å²) in [6, 6.07) is 0. The van der Waals surface area contributed by atoms with E-state index in [9.17, 15) is 0 Å². The first-order valence-corrected chi connectivity index (χ1v) is 2.76. The number of anilines is 1. The zero-order valence-electron chi connectivity index (χ0n) is 5.55. The zero-order valence-corrected chi connectivity index (χ0v) is 5.55. The average molecular weight is 121 g/mol. The van der Waals surface area contributed by atoms with Gasteiger partial charge in [-0.1, -0.05) is 5.46 Å². The second-order valence-corrected chi connectivity index (χ2v) is 2.00. The number of nitrogen functional groups attached to an aromatic ring is 1. The van der Waals surface area contributed by atoms with Crippen molar-refractivity contribution in [3.8, 4) is 0 Å². The van der Waals surface area contributed by atoms with Gasteiger partial charge in [-0.2, -0.15) is 0 Å². The third-order valence-corrected chi connectivity index (χ3v) is 1.24. The van der Waals surface area contributed by atoms with Crippen molar-refractivity contribution in [2.24, 2.45) is 0 Å². The van der Waals surface area contributed by atoms with Gasteiger partial charge in [-0.05, 0) is 6.92 Å². The molecule has 0 unspecified atom stereocenters. The van der Waals surface area contributed by atoms with E-state index in [1.54, 1.807) is 6.20 Å². The number of aryl methyl sites for hydroxylation is 1. The molecule has 0 radical (unpaired) electrons. The number of rotatable bonds is 0. The molecule has 0 bridgehead atoms. The predicted octanol–water partition coefficient (Wildman–Crippen LogP) is -1.37. The Morgan fingerprint density at radius 3 is 2.78 bits per heavy atom. The van der Waals surface area contributed by atoms with Gasteiger partial charge in [0, 0.05) is 11.9 Å². The van der Waals surface area contributed by atoms with Crippen LogP contribution >= 0.6 is 0 Å². The van der Waals surface area contributed by atoms with Gasteiger partial charge < -0.3 is 5.73 Å². The minimum atomic E-state index is 0.345. The largest absolute Gasteiger partial charge is 0.368 e. The molecule has 2 N–H and O–H groups in total. The van der Waals surface area contributed by atoms with Crippen LogP contribution in [0.1, 0.15) is 5.69 Å². The molecule has 0 aliphatic heterocycles. The number of hydrogen-bond donors (Lipinski definition) is 1. The van der Waals surface area contributed by atoms with Gasteiger partial charge in [0.15, 0.2) is 0 Å². The first kappa shape index (κ1) is 6.07. The molecule has 0 aromatic carbocycles. The molecular formula is C5H8BN3. The van der Waals surface area contributed by atoms with Gasteiger partial charge in [0.2, 0.25) is 5.95 Å². The Bertz CT molecular complexity index is 223. The SMILES string of the molecule is Bc1cnc(N)nc1C. The summed E-state index contributed by atoms with van der Waals surface area (Å²) < 4.78 is 0. The molecule has 9 heavy (non-hydrogen) atoms. The monoisotopic (exact) mass is 121 g/mol. The third-order valence-electron chi connectivity index (χ3n) is 1.24. The Morgan fingerprint density at radius 2 is 2.33 bits per heavy atom. The van der Waals surface area contributed by atoms with E-state index in [-0.39, 0.29) is 0 Å². The first-order chi connectivity index (χ1) is 4.20. The van der Waals surface area contributed by atoms with Crippen molar-refractivity contribution in [3.63, 3.8) is 0 Å². The minimum absolute atomic E-state index is 0.345. The maximum Gasteiger partial charge on any atom is 0.220 e. The molecule has 0 aliphatic rings. The van der Waals surface area contributed by atoms with E-state index in [1.807, 2.05) is 14.8 Å². The molecule has 1 aromatic heterocycles. The van der Waals surface area contributed by atoms with Crippen LogP contribution in [0.5, 0.6) is 0 Å². The Labute approximate surface area is 54.7 Å². The second-order valence-electron chi connectivity index (χ2n) is 2.00. The highest BCUT2D eigenvalue weighted by molar-refractivity contribution is 6.32. The third kappa shape index (κ3) is 1.19. The fourth-order valence-corrected chi connectivity index (χ4v) is 0.545. The lowest BCUT2D eigenvalue weighted by atomic mass is 9.97. The van der Waals surface area contributed by atoms with Crippen LogP contribution in [-0.2, 0) is 0 Å². The molecule has 1 heterocycles. The van der Waals surface area contributed by atoms with Crippen molar-refractivity contribution in [3.05, 3.63) is 11.9 Å². The van der Waals surface area contributed by atoms with E-state index >= 15 is 0 Å². The smallest absolute Gasteiger partial charge is 0.220 e. The van der Waals surface area contributed by atoms with Gasteiger partial charge in [0.25, 0.3) is 0 Å². The Hall–Kier alpha value is -1.06. The summed E-state index contributed by atoms with van der Waals surface area (Å²) in [6.07, 6.45) is 1.72. The van der Waals surface area contributed by atoms with Crippen LogP contribution in [0.25, 0.3) is 0 Å². The van der Waals surface area contributed by atoms with Crippen LogP contribution in [0, 0.1) is 6.92 Å². The molecular weight excluding hydrogens is 113 g/mol. The molecule has 0 fully saturated rings. The van der Waals surface area contributed by atoms with Crippen molar-refractivity contribution >= 4 is 19.3 Å². The fourth-order valence-electron chi connectivity index (χ4n) is 0.545. The lowest BCUT2D eigenvalue weighted by Gasteiger charge is -1.96. The zero-order chi connectivity index (χ0) is 6.85. The van der Waals surface area contributed by atoms with Crippen LogP contribution in [0.3, 0.4) is 0 Å². The van der Waals surface area contributed by atoms with Crippen molar-refractivity contribution in [1.82, 2.24) is 9.97 Å². The van der Waals surface area contributed by atoms with Crippen molar-refractivity contribution < 1.29 is 0 Å². The van der Waals surface area contributed by atoms with Gasteiger partial charge in [-0.15, -0.1) is 0 Å². The lowest BCUT2D eigenvalue weighted by molar-refractivity contribution is 1.14. The van der Waals surface area contributed by atoms with Crippen LogP contribution in [-0.4, -0.2) is 17.8 Å².